The molecule has 0 spiro atoms. The monoisotopic (exact) mass is 324 g/mol. The maximum atomic E-state index is 6.03. The van der Waals surface area contributed by atoms with Crippen molar-refractivity contribution in [2.45, 2.75) is 20.8 Å². The molecule has 0 fully saturated rings. The van der Waals surface area contributed by atoms with Crippen molar-refractivity contribution in [1.82, 2.24) is 9.97 Å². The van der Waals surface area contributed by atoms with Crippen molar-refractivity contribution in [3.05, 3.63) is 40.1 Å². The summed E-state index contributed by atoms with van der Waals surface area (Å²) in [5.74, 6) is 2.37. The molecule has 0 saturated carbocycles. The molecule has 0 radical (unpaired) electrons. The third kappa shape index (κ3) is 3.99. The van der Waals surface area contributed by atoms with Gasteiger partial charge in [0.25, 0.3) is 0 Å². The van der Waals surface area contributed by atoms with E-state index in [1.54, 1.807) is 12.1 Å². The lowest BCUT2D eigenvalue weighted by molar-refractivity contribution is 0.835. The number of hydrogen-bond acceptors (Lipinski definition) is 4. The number of nitrogens with zero attached hydrogens (tertiary/aromatic N) is 3. The minimum absolute atomic E-state index is 0.511. The molecular weight excluding hydrogens is 307 g/mol. The molecule has 2 aromatic rings. The fourth-order valence-corrected chi connectivity index (χ4v) is 2.35. The average Bonchev–Trinajstić information content (AvgIpc) is 2.44. The quantitative estimate of drug-likeness (QED) is 0.866. The Morgan fingerprint density at radius 2 is 1.76 bits per heavy atom. The predicted molar refractivity (Wildman–Crippen MR) is 90.1 cm³/mol. The Balaban J connectivity index is 2.29. The standard InChI is InChI=1S/C15H18Cl2N4/c1-4-21(5-2)15-9-14(18-10(3)19-15)20-11-6-7-12(16)13(17)8-11/h6-9H,4-5H2,1-3H3,(H,18,19,20). The van der Waals surface area contributed by atoms with Crippen LogP contribution in [0, 0.1) is 6.92 Å². The molecule has 0 unspecified atom stereocenters. The first kappa shape index (κ1) is 15.9. The largest absolute Gasteiger partial charge is 0.357 e. The maximum absolute atomic E-state index is 6.03. The lowest BCUT2D eigenvalue weighted by atomic mass is 10.3. The van der Waals surface area contributed by atoms with E-state index in [1.165, 1.54) is 0 Å². The molecule has 0 amide bonds. The highest BCUT2D eigenvalue weighted by Gasteiger charge is 2.08. The highest BCUT2D eigenvalue weighted by atomic mass is 35.5. The van der Waals surface area contributed by atoms with E-state index in [-0.39, 0.29) is 0 Å². The number of aryl methyl sites for hydroxylation is 1. The van der Waals surface area contributed by atoms with Gasteiger partial charge in [-0.3, -0.25) is 0 Å². The summed E-state index contributed by atoms with van der Waals surface area (Å²) >= 11 is 11.9. The number of halogens is 2. The maximum Gasteiger partial charge on any atom is 0.136 e. The van der Waals surface area contributed by atoms with Crippen molar-refractivity contribution in [3.63, 3.8) is 0 Å². The van der Waals surface area contributed by atoms with Crippen LogP contribution in [-0.2, 0) is 0 Å². The molecule has 0 aliphatic carbocycles. The molecule has 6 heteroatoms. The van der Waals surface area contributed by atoms with Crippen LogP contribution in [0.3, 0.4) is 0 Å². The Morgan fingerprint density at radius 3 is 2.38 bits per heavy atom. The van der Waals surface area contributed by atoms with Crippen LogP contribution in [0.5, 0.6) is 0 Å². The predicted octanol–water partition coefficient (Wildman–Crippen LogP) is 4.68. The third-order valence-electron chi connectivity index (χ3n) is 3.10. The van der Waals surface area contributed by atoms with E-state index >= 15 is 0 Å². The second-order valence-electron chi connectivity index (χ2n) is 4.58. The van der Waals surface area contributed by atoms with Crippen molar-refractivity contribution in [1.29, 1.82) is 0 Å². The van der Waals surface area contributed by atoms with Crippen LogP contribution in [-0.4, -0.2) is 23.1 Å². The number of rotatable bonds is 5. The normalized spacial score (nSPS) is 10.5. The Morgan fingerprint density at radius 1 is 1.05 bits per heavy atom. The highest BCUT2D eigenvalue weighted by Crippen LogP contribution is 2.27. The summed E-state index contributed by atoms with van der Waals surface area (Å²) in [5, 5.41) is 4.28. The number of benzene rings is 1. The second kappa shape index (κ2) is 6.96. The van der Waals surface area contributed by atoms with E-state index < -0.39 is 0 Å². The Bertz CT molecular complexity index is 627. The molecule has 1 aromatic carbocycles. The lowest BCUT2D eigenvalue weighted by Gasteiger charge is -2.20. The van der Waals surface area contributed by atoms with Crippen LogP contribution in [0.15, 0.2) is 24.3 Å². The van der Waals surface area contributed by atoms with Crippen LogP contribution in [0.4, 0.5) is 17.3 Å². The summed E-state index contributed by atoms with van der Waals surface area (Å²) in [5.41, 5.74) is 0.841. The van der Waals surface area contributed by atoms with Crippen LogP contribution in [0.1, 0.15) is 19.7 Å². The zero-order chi connectivity index (χ0) is 15.4. The van der Waals surface area contributed by atoms with Gasteiger partial charge in [0.2, 0.25) is 0 Å². The van der Waals surface area contributed by atoms with Crippen LogP contribution >= 0.6 is 23.2 Å². The van der Waals surface area contributed by atoms with Crippen LogP contribution < -0.4 is 10.2 Å². The third-order valence-corrected chi connectivity index (χ3v) is 3.84. The summed E-state index contributed by atoms with van der Waals surface area (Å²) < 4.78 is 0. The van der Waals surface area contributed by atoms with E-state index in [4.69, 9.17) is 23.2 Å². The van der Waals surface area contributed by atoms with Crippen LogP contribution in [0.25, 0.3) is 0 Å². The average molecular weight is 325 g/mol. The zero-order valence-corrected chi connectivity index (χ0v) is 13.8. The number of anilines is 3. The van der Waals surface area contributed by atoms with E-state index in [1.807, 2.05) is 19.1 Å². The van der Waals surface area contributed by atoms with Gasteiger partial charge in [-0.25, -0.2) is 9.97 Å². The minimum atomic E-state index is 0.511. The summed E-state index contributed by atoms with van der Waals surface area (Å²) in [4.78, 5) is 11.1. The van der Waals surface area contributed by atoms with Crippen molar-refractivity contribution in [2.24, 2.45) is 0 Å². The van der Waals surface area contributed by atoms with Gasteiger partial charge in [0.15, 0.2) is 0 Å². The van der Waals surface area contributed by atoms with E-state index in [0.29, 0.717) is 10.0 Å². The van der Waals surface area contributed by atoms with Crippen molar-refractivity contribution in [2.75, 3.05) is 23.3 Å². The molecule has 0 atom stereocenters. The first-order valence-electron chi connectivity index (χ1n) is 6.86. The summed E-state index contributed by atoms with van der Waals surface area (Å²) in [6.07, 6.45) is 0. The number of nitrogens with one attached hydrogen (secondary N) is 1. The number of aromatic nitrogens is 2. The Labute approximate surface area is 135 Å². The topological polar surface area (TPSA) is 41.0 Å². The Hall–Kier alpha value is -1.52. The van der Waals surface area contributed by atoms with Crippen molar-refractivity contribution in [3.8, 4) is 0 Å². The molecular formula is C15H18Cl2N4. The fraction of sp³-hybridized carbons (Fsp3) is 0.333. The SMILES string of the molecule is CCN(CC)c1cc(Nc2ccc(Cl)c(Cl)c2)nc(C)n1. The summed E-state index contributed by atoms with van der Waals surface area (Å²) in [7, 11) is 0. The molecule has 0 saturated heterocycles. The molecule has 1 heterocycles. The lowest BCUT2D eigenvalue weighted by Crippen LogP contribution is -2.23. The number of hydrogen-bond donors (Lipinski definition) is 1. The Kier molecular flexibility index (Phi) is 5.26. The molecule has 1 aromatic heterocycles. The molecule has 2 rings (SSSR count). The summed E-state index contributed by atoms with van der Waals surface area (Å²) in [6, 6.07) is 7.33. The zero-order valence-electron chi connectivity index (χ0n) is 12.3. The molecule has 0 aliphatic rings. The molecule has 21 heavy (non-hydrogen) atoms. The van der Waals surface area contributed by atoms with Gasteiger partial charge in [-0.05, 0) is 39.0 Å². The van der Waals surface area contributed by atoms with Crippen molar-refractivity contribution >= 4 is 40.5 Å². The molecule has 4 nitrogen and oxygen atoms in total. The van der Waals surface area contributed by atoms with E-state index in [2.05, 4.69) is 34.0 Å². The van der Waals surface area contributed by atoms with Gasteiger partial charge in [-0.2, -0.15) is 0 Å². The van der Waals surface area contributed by atoms with E-state index in [0.717, 1.165) is 36.2 Å². The first-order valence-corrected chi connectivity index (χ1v) is 7.61. The molecule has 1 N–H and O–H groups in total. The van der Waals surface area contributed by atoms with Crippen molar-refractivity contribution < 1.29 is 0 Å². The first-order chi connectivity index (χ1) is 10.0. The minimum Gasteiger partial charge on any atom is -0.357 e. The van der Waals surface area contributed by atoms with Crippen LogP contribution in [0.2, 0.25) is 10.0 Å². The van der Waals surface area contributed by atoms with E-state index in [9.17, 15) is 0 Å². The smallest absolute Gasteiger partial charge is 0.136 e. The van der Waals surface area contributed by atoms with Gasteiger partial charge in [0.05, 0.1) is 10.0 Å². The molecule has 0 bridgehead atoms. The van der Waals surface area contributed by atoms with Gasteiger partial charge in [-0.1, -0.05) is 23.2 Å². The molecule has 0 aliphatic heterocycles. The highest BCUT2D eigenvalue weighted by molar-refractivity contribution is 6.42. The molecule has 112 valence electrons. The van der Waals surface area contributed by atoms with Gasteiger partial charge >= 0.3 is 0 Å². The van der Waals surface area contributed by atoms with Gasteiger partial charge < -0.3 is 10.2 Å². The summed E-state index contributed by atoms with van der Waals surface area (Å²) in [6.45, 7) is 7.89. The fourth-order valence-electron chi connectivity index (χ4n) is 2.05. The second-order valence-corrected chi connectivity index (χ2v) is 5.40. The van der Waals surface area contributed by atoms with Gasteiger partial charge in [0.1, 0.15) is 17.5 Å². The van der Waals surface area contributed by atoms with Gasteiger partial charge in [-0.15, -0.1) is 0 Å². The van der Waals surface area contributed by atoms with Gasteiger partial charge in [0, 0.05) is 24.8 Å².